The van der Waals surface area contributed by atoms with Gasteiger partial charge in [0.1, 0.15) is 30.0 Å². The third-order valence-corrected chi connectivity index (χ3v) is 3.76. The van der Waals surface area contributed by atoms with Crippen LogP contribution in [0.2, 0.25) is 0 Å². The van der Waals surface area contributed by atoms with Crippen molar-refractivity contribution in [1.82, 2.24) is 4.90 Å². The van der Waals surface area contributed by atoms with Crippen LogP contribution in [0.25, 0.3) is 0 Å². The van der Waals surface area contributed by atoms with E-state index in [9.17, 15) is 18.4 Å². The van der Waals surface area contributed by atoms with Crippen LogP contribution in [0.5, 0.6) is 5.75 Å². The summed E-state index contributed by atoms with van der Waals surface area (Å²) in [6.45, 7) is 1.22. The highest BCUT2D eigenvalue weighted by atomic mass is 19.1. The standard InChI is InChI=1S/C18H17F2NO4/c1-11(18(23)24)21(2)17(22)12-3-8-16(20)13(9-12)10-25-15-6-4-14(19)5-7-15/h3-9,11H,10H2,1-2H3,(H,23,24). The molecular formula is C18H17F2NO4. The minimum Gasteiger partial charge on any atom is -0.489 e. The topological polar surface area (TPSA) is 66.8 Å². The number of likely N-dealkylation sites (N-methyl/N-ethyl adjacent to an activating group) is 1. The molecule has 0 aliphatic carbocycles. The summed E-state index contributed by atoms with van der Waals surface area (Å²) in [4.78, 5) is 24.4. The van der Waals surface area contributed by atoms with Crippen molar-refractivity contribution in [3.05, 3.63) is 65.2 Å². The monoisotopic (exact) mass is 349 g/mol. The molecule has 2 aromatic carbocycles. The maximum Gasteiger partial charge on any atom is 0.326 e. The Morgan fingerprint density at radius 3 is 2.40 bits per heavy atom. The molecule has 0 aliphatic rings. The first-order chi connectivity index (χ1) is 11.8. The van der Waals surface area contributed by atoms with Crippen molar-refractivity contribution in [1.29, 1.82) is 0 Å². The van der Waals surface area contributed by atoms with Gasteiger partial charge in [-0.2, -0.15) is 0 Å². The average Bonchev–Trinajstić information content (AvgIpc) is 2.60. The lowest BCUT2D eigenvalue weighted by Gasteiger charge is -2.21. The van der Waals surface area contributed by atoms with Gasteiger partial charge in [0.05, 0.1) is 0 Å². The fourth-order valence-electron chi connectivity index (χ4n) is 2.06. The fourth-order valence-corrected chi connectivity index (χ4v) is 2.06. The molecule has 0 fully saturated rings. The number of aliphatic carboxylic acids is 1. The zero-order valence-electron chi connectivity index (χ0n) is 13.7. The van der Waals surface area contributed by atoms with Crippen LogP contribution in [0.15, 0.2) is 42.5 Å². The molecule has 0 saturated carbocycles. The van der Waals surface area contributed by atoms with E-state index < -0.39 is 29.6 Å². The Balaban J connectivity index is 2.15. The Bertz CT molecular complexity index is 777. The molecule has 1 N–H and O–H groups in total. The lowest BCUT2D eigenvalue weighted by molar-refractivity contribution is -0.141. The van der Waals surface area contributed by atoms with E-state index in [4.69, 9.17) is 9.84 Å². The fraction of sp³-hybridized carbons (Fsp3) is 0.222. The third kappa shape index (κ3) is 4.53. The molecule has 7 heteroatoms. The van der Waals surface area contributed by atoms with Crippen molar-refractivity contribution in [3.8, 4) is 5.75 Å². The van der Waals surface area contributed by atoms with E-state index in [1.165, 1.54) is 50.4 Å². The van der Waals surface area contributed by atoms with Crippen LogP contribution in [-0.2, 0) is 11.4 Å². The van der Waals surface area contributed by atoms with E-state index in [1.807, 2.05) is 0 Å². The predicted octanol–water partition coefficient (Wildman–Crippen LogP) is 3.09. The van der Waals surface area contributed by atoms with Gasteiger partial charge in [0.25, 0.3) is 5.91 Å². The quantitative estimate of drug-likeness (QED) is 0.870. The second kappa shape index (κ2) is 7.74. The number of rotatable bonds is 6. The van der Waals surface area contributed by atoms with Gasteiger partial charge in [0.2, 0.25) is 0 Å². The van der Waals surface area contributed by atoms with Gasteiger partial charge in [0, 0.05) is 18.2 Å². The number of amides is 1. The van der Waals surface area contributed by atoms with Gasteiger partial charge in [-0.3, -0.25) is 4.79 Å². The minimum atomic E-state index is -1.14. The van der Waals surface area contributed by atoms with Gasteiger partial charge in [-0.15, -0.1) is 0 Å². The summed E-state index contributed by atoms with van der Waals surface area (Å²) in [5, 5.41) is 8.98. The zero-order chi connectivity index (χ0) is 18.6. The number of benzene rings is 2. The molecule has 1 atom stereocenters. The minimum absolute atomic E-state index is 0.131. The van der Waals surface area contributed by atoms with Crippen molar-refractivity contribution in [2.75, 3.05) is 7.05 Å². The number of carboxylic acid groups (broad SMARTS) is 1. The molecule has 0 bridgehead atoms. The van der Waals surface area contributed by atoms with Gasteiger partial charge in [-0.25, -0.2) is 13.6 Å². The molecule has 0 heterocycles. The second-order valence-corrected chi connectivity index (χ2v) is 5.48. The first-order valence-corrected chi connectivity index (χ1v) is 7.46. The summed E-state index contributed by atoms with van der Waals surface area (Å²) < 4.78 is 32.2. The summed E-state index contributed by atoms with van der Waals surface area (Å²) in [7, 11) is 1.36. The number of carbonyl (C=O) groups is 2. The van der Waals surface area contributed by atoms with Crippen LogP contribution in [0.3, 0.4) is 0 Å². The number of halogens is 2. The van der Waals surface area contributed by atoms with Crippen LogP contribution in [0.4, 0.5) is 8.78 Å². The van der Waals surface area contributed by atoms with Gasteiger partial charge < -0.3 is 14.7 Å². The van der Waals surface area contributed by atoms with Gasteiger partial charge in [-0.1, -0.05) is 0 Å². The number of hydrogen-bond donors (Lipinski definition) is 1. The summed E-state index contributed by atoms with van der Waals surface area (Å²) in [6, 6.07) is 7.94. The Morgan fingerprint density at radius 1 is 1.16 bits per heavy atom. The first kappa shape index (κ1) is 18.4. The lowest BCUT2D eigenvalue weighted by Crippen LogP contribution is -2.40. The van der Waals surface area contributed by atoms with E-state index in [1.54, 1.807) is 0 Å². The number of carboxylic acids is 1. The van der Waals surface area contributed by atoms with E-state index in [0.717, 1.165) is 11.0 Å². The van der Waals surface area contributed by atoms with Crippen LogP contribution < -0.4 is 4.74 Å². The maximum absolute atomic E-state index is 13.9. The van der Waals surface area contributed by atoms with Crippen molar-refractivity contribution < 1.29 is 28.2 Å². The van der Waals surface area contributed by atoms with Crippen LogP contribution in [0, 0.1) is 11.6 Å². The second-order valence-electron chi connectivity index (χ2n) is 5.48. The largest absolute Gasteiger partial charge is 0.489 e. The Hall–Kier alpha value is -2.96. The van der Waals surface area contributed by atoms with Gasteiger partial charge >= 0.3 is 5.97 Å². The van der Waals surface area contributed by atoms with Crippen LogP contribution in [0.1, 0.15) is 22.8 Å². The van der Waals surface area contributed by atoms with Crippen molar-refractivity contribution >= 4 is 11.9 Å². The van der Waals surface area contributed by atoms with E-state index in [0.29, 0.717) is 5.75 Å². The molecule has 0 spiro atoms. The molecule has 25 heavy (non-hydrogen) atoms. The molecular weight excluding hydrogens is 332 g/mol. The Morgan fingerprint density at radius 2 is 1.80 bits per heavy atom. The highest BCUT2D eigenvalue weighted by Crippen LogP contribution is 2.17. The molecule has 1 unspecified atom stereocenters. The van der Waals surface area contributed by atoms with E-state index >= 15 is 0 Å². The smallest absolute Gasteiger partial charge is 0.326 e. The number of ether oxygens (including phenoxy) is 1. The molecule has 5 nitrogen and oxygen atoms in total. The van der Waals surface area contributed by atoms with Crippen molar-refractivity contribution in [3.63, 3.8) is 0 Å². The van der Waals surface area contributed by atoms with Crippen LogP contribution in [-0.4, -0.2) is 35.0 Å². The van der Waals surface area contributed by atoms with E-state index in [2.05, 4.69) is 0 Å². The summed E-state index contributed by atoms with van der Waals surface area (Å²) in [5.41, 5.74) is 0.279. The predicted molar refractivity (Wildman–Crippen MR) is 86.3 cm³/mol. The molecule has 0 saturated heterocycles. The number of nitrogens with zero attached hydrogens (tertiary/aromatic N) is 1. The van der Waals surface area contributed by atoms with E-state index in [-0.39, 0.29) is 17.7 Å². The number of carbonyl (C=O) groups excluding carboxylic acids is 1. The average molecular weight is 349 g/mol. The molecule has 2 rings (SSSR count). The third-order valence-electron chi connectivity index (χ3n) is 3.76. The summed E-state index contributed by atoms with van der Waals surface area (Å²) in [6.07, 6.45) is 0. The normalized spacial score (nSPS) is 11.7. The van der Waals surface area contributed by atoms with Gasteiger partial charge in [-0.05, 0) is 49.4 Å². The first-order valence-electron chi connectivity index (χ1n) is 7.46. The van der Waals surface area contributed by atoms with Crippen molar-refractivity contribution in [2.24, 2.45) is 0 Å². The summed E-state index contributed by atoms with van der Waals surface area (Å²) >= 11 is 0. The highest BCUT2D eigenvalue weighted by molar-refractivity contribution is 5.96. The van der Waals surface area contributed by atoms with Crippen molar-refractivity contribution in [2.45, 2.75) is 19.6 Å². The summed E-state index contributed by atoms with van der Waals surface area (Å²) in [5.74, 6) is -2.31. The number of hydrogen-bond acceptors (Lipinski definition) is 3. The Labute approximate surface area is 143 Å². The van der Waals surface area contributed by atoms with Crippen LogP contribution >= 0.6 is 0 Å². The lowest BCUT2D eigenvalue weighted by atomic mass is 10.1. The Kier molecular flexibility index (Phi) is 5.69. The molecule has 2 aromatic rings. The highest BCUT2D eigenvalue weighted by Gasteiger charge is 2.23. The molecule has 0 radical (unpaired) electrons. The molecule has 1 amide bonds. The van der Waals surface area contributed by atoms with Gasteiger partial charge in [0.15, 0.2) is 0 Å². The molecule has 0 aromatic heterocycles. The maximum atomic E-state index is 13.9. The molecule has 0 aliphatic heterocycles. The SMILES string of the molecule is CC(C(=O)O)N(C)C(=O)c1ccc(F)c(COc2ccc(F)cc2)c1. The molecule has 132 valence electrons. The zero-order valence-corrected chi connectivity index (χ0v) is 13.7.